The molecular weight excluding hydrogens is 459 g/mol. The second kappa shape index (κ2) is 8.81. The van der Waals surface area contributed by atoms with Crippen molar-refractivity contribution in [2.45, 2.75) is 0 Å². The summed E-state index contributed by atoms with van der Waals surface area (Å²) < 4.78 is 13.5. The number of carbonyl (C=O) groups is 2. The third-order valence-electron chi connectivity index (χ3n) is 4.12. The summed E-state index contributed by atoms with van der Waals surface area (Å²) >= 11 is 0. The van der Waals surface area contributed by atoms with Crippen molar-refractivity contribution in [1.29, 1.82) is 0 Å². The summed E-state index contributed by atoms with van der Waals surface area (Å²) in [4.78, 5) is 24.6. The van der Waals surface area contributed by atoms with Crippen LogP contribution in [0.3, 0.4) is 0 Å². The number of aromatic nitrogens is 2. The van der Waals surface area contributed by atoms with Crippen LogP contribution >= 0.6 is 24.0 Å². The number of carbonyl (C=O) groups excluding carboxylic acids is 2. The molecule has 1 aromatic heterocycles. The smallest absolute Gasteiger partial charge is 0.338 e. The van der Waals surface area contributed by atoms with E-state index in [4.69, 9.17) is 9.47 Å². The summed E-state index contributed by atoms with van der Waals surface area (Å²) in [7, 11) is 4.50. The minimum absolute atomic E-state index is 0. The van der Waals surface area contributed by atoms with Gasteiger partial charge in [0, 0.05) is 11.6 Å². The average Bonchev–Trinajstić information content (AvgIpc) is 3.12. The van der Waals surface area contributed by atoms with Gasteiger partial charge in [-0.05, 0) is 17.7 Å². The molecule has 2 aromatic carbocycles. The molecule has 0 fully saturated rings. The van der Waals surface area contributed by atoms with Gasteiger partial charge in [-0.1, -0.05) is 30.3 Å². The number of ether oxygens (including phenoxy) is 2. The highest BCUT2D eigenvalue weighted by Crippen LogP contribution is 2.32. The molecule has 0 aliphatic carbocycles. The minimum atomic E-state index is -0.523. The normalized spacial score (nSPS) is 10.0. The Bertz CT molecular complexity index is 967. The standard InChI is InChI=1S/C20H19N2O4.HI/c1-21-10-7-11-22(21)17-13-15(19(23)25-2)12-16(20(24)26-3)18(17)14-8-5-4-6-9-14;/h4-13H,1-3H3;1H/q+1;. The Balaban J connectivity index is 0.00000261. The van der Waals surface area contributed by atoms with E-state index in [0.29, 0.717) is 16.8 Å². The Kier molecular flexibility index (Phi) is 6.73. The number of esters is 2. The van der Waals surface area contributed by atoms with Crippen molar-refractivity contribution in [3.63, 3.8) is 0 Å². The lowest BCUT2D eigenvalue weighted by Crippen LogP contribution is -2.37. The van der Waals surface area contributed by atoms with Crippen molar-refractivity contribution in [2.24, 2.45) is 7.05 Å². The van der Waals surface area contributed by atoms with E-state index >= 15 is 0 Å². The molecule has 0 bridgehead atoms. The van der Waals surface area contributed by atoms with Gasteiger partial charge in [-0.3, -0.25) is 0 Å². The van der Waals surface area contributed by atoms with Gasteiger partial charge in [0.2, 0.25) is 0 Å². The molecule has 0 spiro atoms. The molecule has 0 N–H and O–H groups in total. The Morgan fingerprint density at radius 2 is 1.63 bits per heavy atom. The number of nitrogens with zero attached hydrogens (tertiary/aromatic N) is 2. The SMILES string of the molecule is COC(=O)c1cc(C(=O)OC)c(-c2ccccc2)c(-n2ccc[n+]2C)c1.I. The Hall–Kier alpha value is -2.68. The quantitative estimate of drug-likeness (QED) is 0.328. The van der Waals surface area contributed by atoms with Crippen LogP contribution in [0, 0.1) is 0 Å². The second-order valence-corrected chi connectivity index (χ2v) is 5.68. The van der Waals surface area contributed by atoms with Gasteiger partial charge >= 0.3 is 11.9 Å². The van der Waals surface area contributed by atoms with E-state index in [1.54, 1.807) is 6.07 Å². The Morgan fingerprint density at radius 1 is 0.963 bits per heavy atom. The van der Waals surface area contributed by atoms with Gasteiger partial charge < -0.3 is 9.47 Å². The van der Waals surface area contributed by atoms with Crippen molar-refractivity contribution >= 4 is 35.9 Å². The van der Waals surface area contributed by atoms with E-state index in [1.807, 2.05) is 65.2 Å². The third kappa shape index (κ3) is 4.02. The van der Waals surface area contributed by atoms with Gasteiger partial charge in [0.25, 0.3) is 0 Å². The van der Waals surface area contributed by atoms with E-state index in [2.05, 4.69) is 0 Å². The molecule has 0 radical (unpaired) electrons. The van der Waals surface area contributed by atoms with Crippen LogP contribution in [0.2, 0.25) is 0 Å². The molecule has 27 heavy (non-hydrogen) atoms. The average molecular weight is 479 g/mol. The van der Waals surface area contributed by atoms with Gasteiger partial charge in [-0.25, -0.2) is 9.59 Å². The highest BCUT2D eigenvalue weighted by molar-refractivity contribution is 14.0. The Morgan fingerprint density at radius 3 is 2.19 bits per heavy atom. The summed E-state index contributed by atoms with van der Waals surface area (Å²) in [6, 6.07) is 14.6. The molecular formula is C20H20IN2O4+. The molecule has 0 saturated carbocycles. The Labute approximate surface area is 174 Å². The third-order valence-corrected chi connectivity index (χ3v) is 4.12. The first kappa shape index (κ1) is 20.6. The lowest BCUT2D eigenvalue weighted by atomic mass is 9.95. The van der Waals surface area contributed by atoms with Crippen LogP contribution in [0.25, 0.3) is 16.8 Å². The lowest BCUT2D eigenvalue weighted by Gasteiger charge is -2.15. The van der Waals surface area contributed by atoms with Gasteiger partial charge in [0.05, 0.1) is 31.5 Å². The van der Waals surface area contributed by atoms with Crippen molar-refractivity contribution in [3.05, 3.63) is 72.1 Å². The van der Waals surface area contributed by atoms with E-state index in [9.17, 15) is 9.59 Å². The first-order valence-electron chi connectivity index (χ1n) is 8.00. The summed E-state index contributed by atoms with van der Waals surface area (Å²) in [5, 5.41) is 0. The fraction of sp³-hybridized carbons (Fsp3) is 0.150. The van der Waals surface area contributed by atoms with Crippen molar-refractivity contribution < 1.29 is 23.7 Å². The van der Waals surface area contributed by atoms with E-state index in [0.717, 1.165) is 5.56 Å². The molecule has 0 atom stereocenters. The molecule has 0 amide bonds. The fourth-order valence-electron chi connectivity index (χ4n) is 2.89. The van der Waals surface area contributed by atoms with Crippen LogP contribution in [-0.2, 0) is 16.5 Å². The van der Waals surface area contributed by atoms with Gasteiger partial charge in [-0.2, -0.15) is 0 Å². The predicted molar refractivity (Wildman–Crippen MR) is 110 cm³/mol. The molecule has 3 aromatic rings. The molecule has 0 aliphatic heterocycles. The minimum Gasteiger partial charge on any atom is -0.465 e. The maximum absolute atomic E-state index is 12.5. The lowest BCUT2D eigenvalue weighted by molar-refractivity contribution is -0.744. The predicted octanol–water partition coefficient (Wildman–Crippen LogP) is 3.16. The zero-order valence-corrected chi connectivity index (χ0v) is 17.5. The zero-order chi connectivity index (χ0) is 18.7. The molecule has 6 nitrogen and oxygen atoms in total. The number of methoxy groups -OCH3 is 2. The second-order valence-electron chi connectivity index (χ2n) is 5.68. The molecule has 1 heterocycles. The molecule has 0 unspecified atom stereocenters. The van der Waals surface area contributed by atoms with Crippen LogP contribution in [0.4, 0.5) is 0 Å². The maximum atomic E-state index is 12.5. The molecule has 7 heteroatoms. The van der Waals surface area contributed by atoms with Crippen LogP contribution in [0.1, 0.15) is 20.7 Å². The largest absolute Gasteiger partial charge is 0.465 e. The monoisotopic (exact) mass is 479 g/mol. The molecule has 140 valence electrons. The van der Waals surface area contributed by atoms with Crippen LogP contribution in [-0.4, -0.2) is 30.8 Å². The van der Waals surface area contributed by atoms with E-state index in [-0.39, 0.29) is 29.5 Å². The van der Waals surface area contributed by atoms with Crippen LogP contribution in [0.5, 0.6) is 0 Å². The fourth-order valence-corrected chi connectivity index (χ4v) is 2.89. The number of hydrogen-bond donors (Lipinski definition) is 0. The zero-order valence-electron chi connectivity index (χ0n) is 15.2. The molecule has 0 aliphatic rings. The van der Waals surface area contributed by atoms with E-state index < -0.39 is 11.9 Å². The van der Waals surface area contributed by atoms with Crippen molar-refractivity contribution in [2.75, 3.05) is 14.2 Å². The topological polar surface area (TPSA) is 61.4 Å². The summed E-state index contributed by atoms with van der Waals surface area (Å²) in [6.45, 7) is 0. The first-order valence-corrected chi connectivity index (χ1v) is 8.00. The van der Waals surface area contributed by atoms with Crippen LogP contribution < -0.4 is 4.68 Å². The highest BCUT2D eigenvalue weighted by Gasteiger charge is 2.24. The van der Waals surface area contributed by atoms with E-state index in [1.165, 1.54) is 20.3 Å². The number of rotatable bonds is 4. The summed E-state index contributed by atoms with van der Waals surface area (Å²) in [5.41, 5.74) is 2.76. The number of aryl methyl sites for hydroxylation is 1. The van der Waals surface area contributed by atoms with Crippen molar-refractivity contribution in [3.8, 4) is 16.8 Å². The van der Waals surface area contributed by atoms with Gasteiger partial charge in [-0.15, -0.1) is 33.3 Å². The molecule has 0 saturated heterocycles. The van der Waals surface area contributed by atoms with Gasteiger partial charge in [0.1, 0.15) is 5.69 Å². The van der Waals surface area contributed by atoms with Crippen LogP contribution in [0.15, 0.2) is 60.9 Å². The maximum Gasteiger partial charge on any atom is 0.338 e. The number of benzene rings is 2. The van der Waals surface area contributed by atoms with Crippen molar-refractivity contribution in [1.82, 2.24) is 4.68 Å². The summed E-state index contributed by atoms with van der Waals surface area (Å²) in [5.74, 6) is -1.04. The number of hydrogen-bond acceptors (Lipinski definition) is 4. The van der Waals surface area contributed by atoms with Gasteiger partial charge in [0.15, 0.2) is 13.2 Å². The highest BCUT2D eigenvalue weighted by atomic mass is 127. The summed E-state index contributed by atoms with van der Waals surface area (Å²) in [6.07, 6.45) is 3.72. The molecule has 3 rings (SSSR count). The first-order chi connectivity index (χ1) is 12.6. The number of halogens is 1.